The fourth-order valence-electron chi connectivity index (χ4n) is 2.82. The largest absolute Gasteiger partial charge is 0.320 e. The van der Waals surface area contributed by atoms with Crippen LogP contribution < -0.4 is 5.32 Å². The molecule has 96 valence electrons. The Morgan fingerprint density at radius 3 is 2.62 bits per heavy atom. The van der Waals surface area contributed by atoms with Gasteiger partial charge in [-0.2, -0.15) is 0 Å². The van der Waals surface area contributed by atoms with Crippen LogP contribution in [0.2, 0.25) is 0 Å². The van der Waals surface area contributed by atoms with Crippen LogP contribution in [0.1, 0.15) is 52.4 Å². The van der Waals surface area contributed by atoms with Gasteiger partial charge in [-0.25, -0.2) is 0 Å². The zero-order chi connectivity index (χ0) is 11.8. The molecule has 1 rings (SSSR count). The maximum absolute atomic E-state index is 3.29. The average Bonchev–Trinajstić information content (AvgIpc) is 2.34. The fourth-order valence-corrected chi connectivity index (χ4v) is 2.82. The summed E-state index contributed by atoms with van der Waals surface area (Å²) in [4.78, 5) is 2.76. The van der Waals surface area contributed by atoms with Crippen molar-refractivity contribution in [1.82, 2.24) is 10.2 Å². The van der Waals surface area contributed by atoms with E-state index in [1.807, 2.05) is 0 Å². The lowest BCUT2D eigenvalue weighted by Gasteiger charge is -2.37. The number of hydrogen-bond donors (Lipinski definition) is 1. The van der Waals surface area contributed by atoms with Crippen LogP contribution in [0.25, 0.3) is 0 Å². The summed E-state index contributed by atoms with van der Waals surface area (Å²) in [5, 5.41) is 3.29. The Kier molecular flexibility index (Phi) is 7.06. The molecule has 0 bridgehead atoms. The van der Waals surface area contributed by atoms with Crippen molar-refractivity contribution in [2.45, 2.75) is 58.4 Å². The third kappa shape index (κ3) is 4.42. The molecule has 1 heterocycles. The Morgan fingerprint density at radius 1 is 1.25 bits per heavy atom. The van der Waals surface area contributed by atoms with Gasteiger partial charge < -0.3 is 10.2 Å². The van der Waals surface area contributed by atoms with Gasteiger partial charge in [-0.05, 0) is 45.3 Å². The lowest BCUT2D eigenvalue weighted by atomic mass is 9.95. The van der Waals surface area contributed by atoms with Gasteiger partial charge in [-0.3, -0.25) is 0 Å². The van der Waals surface area contributed by atoms with Crippen LogP contribution in [0.15, 0.2) is 0 Å². The van der Waals surface area contributed by atoms with Gasteiger partial charge >= 0.3 is 0 Å². The van der Waals surface area contributed by atoms with E-state index in [0.717, 1.165) is 12.0 Å². The maximum Gasteiger partial charge on any atom is 0.0107 e. The van der Waals surface area contributed by atoms with E-state index >= 15 is 0 Å². The second-order valence-electron chi connectivity index (χ2n) is 5.22. The van der Waals surface area contributed by atoms with Gasteiger partial charge in [0.15, 0.2) is 0 Å². The summed E-state index contributed by atoms with van der Waals surface area (Å²) in [6.45, 7) is 8.51. The minimum Gasteiger partial charge on any atom is -0.320 e. The normalized spacial score (nSPS) is 22.9. The van der Waals surface area contributed by atoms with Crippen molar-refractivity contribution in [2.75, 3.05) is 26.7 Å². The Hall–Kier alpha value is -0.0800. The molecule has 0 spiro atoms. The molecule has 1 saturated heterocycles. The van der Waals surface area contributed by atoms with Crippen LogP contribution in [-0.4, -0.2) is 37.6 Å². The van der Waals surface area contributed by atoms with Crippen molar-refractivity contribution in [3.05, 3.63) is 0 Å². The maximum atomic E-state index is 3.29. The molecule has 2 nitrogen and oxygen atoms in total. The van der Waals surface area contributed by atoms with E-state index in [4.69, 9.17) is 0 Å². The molecular weight excluding hydrogens is 196 g/mol. The lowest BCUT2D eigenvalue weighted by molar-refractivity contribution is 0.116. The van der Waals surface area contributed by atoms with Crippen LogP contribution in [-0.2, 0) is 0 Å². The average molecular weight is 226 g/mol. The van der Waals surface area contributed by atoms with Crippen LogP contribution in [0.4, 0.5) is 0 Å². The first kappa shape index (κ1) is 14.0. The summed E-state index contributed by atoms with van der Waals surface area (Å²) < 4.78 is 0. The molecule has 1 aliphatic rings. The number of nitrogens with one attached hydrogen (secondary N) is 1. The van der Waals surface area contributed by atoms with E-state index in [1.54, 1.807) is 0 Å². The van der Waals surface area contributed by atoms with Gasteiger partial charge in [0.2, 0.25) is 0 Å². The van der Waals surface area contributed by atoms with Gasteiger partial charge in [0.05, 0.1) is 0 Å². The number of rotatable bonds is 7. The van der Waals surface area contributed by atoms with Crippen molar-refractivity contribution in [3.63, 3.8) is 0 Å². The molecule has 1 N–H and O–H groups in total. The van der Waals surface area contributed by atoms with Crippen molar-refractivity contribution in [3.8, 4) is 0 Å². The molecule has 0 aromatic carbocycles. The van der Waals surface area contributed by atoms with Gasteiger partial charge in [0, 0.05) is 12.6 Å². The zero-order valence-electron chi connectivity index (χ0n) is 11.5. The third-order valence-electron chi connectivity index (χ3n) is 4.12. The summed E-state index contributed by atoms with van der Waals surface area (Å²) in [5.41, 5.74) is 0. The first-order valence-electron chi connectivity index (χ1n) is 7.20. The van der Waals surface area contributed by atoms with Crippen molar-refractivity contribution in [1.29, 1.82) is 0 Å². The Bertz CT molecular complexity index is 166. The zero-order valence-corrected chi connectivity index (χ0v) is 11.5. The van der Waals surface area contributed by atoms with Crippen molar-refractivity contribution >= 4 is 0 Å². The number of piperidine rings is 1. The molecule has 1 unspecified atom stereocenters. The van der Waals surface area contributed by atoms with Gasteiger partial charge in [0.25, 0.3) is 0 Å². The molecule has 0 aliphatic carbocycles. The fraction of sp³-hybridized carbons (Fsp3) is 1.00. The van der Waals surface area contributed by atoms with E-state index in [9.17, 15) is 0 Å². The van der Waals surface area contributed by atoms with E-state index in [0.29, 0.717) is 0 Å². The minimum atomic E-state index is 0.849. The van der Waals surface area contributed by atoms with Crippen molar-refractivity contribution in [2.24, 2.45) is 5.92 Å². The van der Waals surface area contributed by atoms with E-state index in [-0.39, 0.29) is 0 Å². The monoisotopic (exact) mass is 226 g/mol. The minimum absolute atomic E-state index is 0.849. The number of hydrogen-bond acceptors (Lipinski definition) is 2. The Morgan fingerprint density at radius 2 is 2.00 bits per heavy atom. The highest BCUT2D eigenvalue weighted by atomic mass is 15.2. The highest BCUT2D eigenvalue weighted by Crippen LogP contribution is 2.22. The SMILES string of the molecule is CCC(CC)CN1CCCCC1CCNC. The number of likely N-dealkylation sites (tertiary alicyclic amines) is 1. The van der Waals surface area contributed by atoms with Gasteiger partial charge in [-0.15, -0.1) is 0 Å². The first-order chi connectivity index (χ1) is 7.81. The topological polar surface area (TPSA) is 15.3 Å². The standard InChI is InChI=1S/C14H30N2/c1-4-13(5-2)12-16-11-7-6-8-14(16)9-10-15-3/h13-15H,4-12H2,1-3H3. The molecule has 0 aromatic heterocycles. The molecule has 0 aromatic rings. The molecule has 1 fully saturated rings. The summed E-state index contributed by atoms with van der Waals surface area (Å²) in [7, 11) is 2.06. The molecule has 2 heteroatoms. The third-order valence-corrected chi connectivity index (χ3v) is 4.12. The van der Waals surface area contributed by atoms with E-state index < -0.39 is 0 Å². The first-order valence-corrected chi connectivity index (χ1v) is 7.20. The predicted molar refractivity (Wildman–Crippen MR) is 71.8 cm³/mol. The van der Waals surface area contributed by atoms with Gasteiger partial charge in [-0.1, -0.05) is 33.1 Å². The van der Waals surface area contributed by atoms with Crippen LogP contribution >= 0.6 is 0 Å². The number of nitrogens with zero attached hydrogens (tertiary/aromatic N) is 1. The highest BCUT2D eigenvalue weighted by molar-refractivity contribution is 4.79. The lowest BCUT2D eigenvalue weighted by Crippen LogP contribution is -2.43. The smallest absolute Gasteiger partial charge is 0.0107 e. The van der Waals surface area contributed by atoms with Crippen LogP contribution in [0, 0.1) is 5.92 Å². The second kappa shape index (κ2) is 8.08. The molecule has 0 radical (unpaired) electrons. The highest BCUT2D eigenvalue weighted by Gasteiger charge is 2.23. The molecule has 0 saturated carbocycles. The molecule has 1 atom stereocenters. The molecule has 1 aliphatic heterocycles. The summed E-state index contributed by atoms with van der Waals surface area (Å²) in [6.07, 6.45) is 8.28. The predicted octanol–water partition coefficient (Wildman–Crippen LogP) is 2.89. The molecule has 16 heavy (non-hydrogen) atoms. The Labute approximate surface area is 102 Å². The Balaban J connectivity index is 2.39. The van der Waals surface area contributed by atoms with Crippen LogP contribution in [0.3, 0.4) is 0 Å². The van der Waals surface area contributed by atoms with E-state index in [1.165, 1.54) is 58.2 Å². The van der Waals surface area contributed by atoms with Gasteiger partial charge in [0.1, 0.15) is 0 Å². The molecule has 0 amide bonds. The summed E-state index contributed by atoms with van der Waals surface area (Å²) >= 11 is 0. The molecular formula is C14H30N2. The van der Waals surface area contributed by atoms with E-state index in [2.05, 4.69) is 31.1 Å². The van der Waals surface area contributed by atoms with Crippen molar-refractivity contribution < 1.29 is 0 Å². The summed E-state index contributed by atoms with van der Waals surface area (Å²) in [6, 6.07) is 0.849. The quantitative estimate of drug-likeness (QED) is 0.718. The summed E-state index contributed by atoms with van der Waals surface area (Å²) in [5.74, 6) is 0.912. The second-order valence-corrected chi connectivity index (χ2v) is 5.22. The van der Waals surface area contributed by atoms with Crippen LogP contribution in [0.5, 0.6) is 0 Å².